The van der Waals surface area contributed by atoms with E-state index in [1.165, 1.54) is 0 Å². The third-order valence-corrected chi connectivity index (χ3v) is 1.68. The van der Waals surface area contributed by atoms with Crippen LogP contribution in [0.2, 0.25) is 0 Å². The molecule has 3 nitrogen and oxygen atoms in total. The molecule has 2 rings (SSSR count). The van der Waals surface area contributed by atoms with Crippen molar-refractivity contribution in [3.8, 4) is 0 Å². The zero-order chi connectivity index (χ0) is 7.03. The third kappa shape index (κ3) is 0.789. The highest BCUT2D eigenvalue weighted by atomic mass is 16.6. The van der Waals surface area contributed by atoms with Crippen LogP contribution in [0.25, 0.3) is 0 Å². The van der Waals surface area contributed by atoms with Gasteiger partial charge in [-0.05, 0) is 6.92 Å². The molecule has 1 fully saturated rings. The Hall–Kier alpha value is -0.960. The minimum Gasteiger partial charge on any atom is -0.363 e. The van der Waals surface area contributed by atoms with Crippen molar-refractivity contribution < 1.29 is 4.74 Å². The van der Waals surface area contributed by atoms with E-state index in [2.05, 4.69) is 9.97 Å². The van der Waals surface area contributed by atoms with Gasteiger partial charge in [0.2, 0.25) is 0 Å². The molecule has 0 saturated carbocycles. The number of rotatable bonds is 1. The van der Waals surface area contributed by atoms with Gasteiger partial charge >= 0.3 is 0 Å². The summed E-state index contributed by atoms with van der Waals surface area (Å²) in [6.45, 7) is 2.78. The third-order valence-electron chi connectivity index (χ3n) is 1.68. The molecule has 1 aliphatic heterocycles. The maximum absolute atomic E-state index is 5.18. The van der Waals surface area contributed by atoms with Gasteiger partial charge in [-0.25, -0.2) is 0 Å². The lowest BCUT2D eigenvalue weighted by molar-refractivity contribution is 0.323. The zero-order valence-corrected chi connectivity index (χ0v) is 5.74. The smallest absolute Gasteiger partial charge is 0.132 e. The maximum Gasteiger partial charge on any atom is 0.132 e. The lowest BCUT2D eigenvalue weighted by Crippen LogP contribution is -2.04. The molecular weight excluding hydrogens is 128 g/mol. The molecule has 0 aromatic carbocycles. The van der Waals surface area contributed by atoms with E-state index >= 15 is 0 Å². The van der Waals surface area contributed by atoms with Crippen LogP contribution in [0.4, 0.5) is 0 Å². The molecule has 0 N–H and O–H groups in total. The van der Waals surface area contributed by atoms with Gasteiger partial charge in [-0.3, -0.25) is 9.97 Å². The van der Waals surface area contributed by atoms with Crippen molar-refractivity contribution in [3.63, 3.8) is 0 Å². The fourth-order valence-corrected chi connectivity index (χ4v) is 0.828. The lowest BCUT2D eigenvalue weighted by Gasteiger charge is -2.00. The monoisotopic (exact) mass is 136 g/mol. The Kier molecular flexibility index (Phi) is 1.02. The fourth-order valence-electron chi connectivity index (χ4n) is 0.828. The van der Waals surface area contributed by atoms with E-state index in [1.807, 2.05) is 6.92 Å². The average Bonchev–Trinajstić information content (AvgIpc) is 2.72. The second-order valence-corrected chi connectivity index (χ2v) is 2.61. The summed E-state index contributed by atoms with van der Waals surface area (Å²) in [4.78, 5) is 8.07. The molecule has 1 atom stereocenters. The van der Waals surface area contributed by atoms with Gasteiger partial charge in [0.05, 0.1) is 18.5 Å². The largest absolute Gasteiger partial charge is 0.363 e. The van der Waals surface area contributed by atoms with E-state index < -0.39 is 0 Å². The van der Waals surface area contributed by atoms with Gasteiger partial charge in [0.1, 0.15) is 5.60 Å². The molecule has 0 unspecified atom stereocenters. The van der Waals surface area contributed by atoms with Gasteiger partial charge in [0, 0.05) is 12.4 Å². The average molecular weight is 136 g/mol. The van der Waals surface area contributed by atoms with Crippen molar-refractivity contribution in [2.45, 2.75) is 12.5 Å². The van der Waals surface area contributed by atoms with Crippen molar-refractivity contribution in [1.29, 1.82) is 0 Å². The standard InChI is InChI=1S/C7H8N2O/c1-7(5-10-7)6-4-8-2-3-9-6/h2-4H,5H2,1H3/t7-/m1/s1. The highest BCUT2D eigenvalue weighted by Gasteiger charge is 2.42. The van der Waals surface area contributed by atoms with Gasteiger partial charge in [-0.1, -0.05) is 0 Å². The quantitative estimate of drug-likeness (QED) is 0.534. The zero-order valence-electron chi connectivity index (χ0n) is 5.74. The second-order valence-electron chi connectivity index (χ2n) is 2.61. The summed E-state index contributed by atoms with van der Waals surface area (Å²) in [5.74, 6) is 0. The van der Waals surface area contributed by atoms with Crippen molar-refractivity contribution in [2.24, 2.45) is 0 Å². The first-order chi connectivity index (χ1) is 4.81. The summed E-state index contributed by atoms with van der Waals surface area (Å²) < 4.78 is 5.18. The van der Waals surface area contributed by atoms with E-state index in [-0.39, 0.29) is 5.60 Å². The number of hydrogen-bond acceptors (Lipinski definition) is 3. The number of nitrogens with zero attached hydrogens (tertiary/aromatic N) is 2. The number of hydrogen-bond donors (Lipinski definition) is 0. The first kappa shape index (κ1) is 5.80. The summed E-state index contributed by atoms with van der Waals surface area (Å²) in [7, 11) is 0. The predicted molar refractivity (Wildman–Crippen MR) is 35.3 cm³/mol. The Morgan fingerprint density at radius 1 is 1.60 bits per heavy atom. The number of aromatic nitrogens is 2. The Morgan fingerprint density at radius 3 is 2.90 bits per heavy atom. The van der Waals surface area contributed by atoms with Crippen LogP contribution in [0.1, 0.15) is 12.6 Å². The van der Waals surface area contributed by atoms with Crippen molar-refractivity contribution >= 4 is 0 Å². The first-order valence-corrected chi connectivity index (χ1v) is 3.22. The van der Waals surface area contributed by atoms with Gasteiger partial charge in [0.25, 0.3) is 0 Å². The summed E-state index contributed by atoms with van der Waals surface area (Å²) >= 11 is 0. The normalized spacial score (nSPS) is 30.1. The summed E-state index contributed by atoms with van der Waals surface area (Å²) in [5.41, 5.74) is 0.795. The van der Waals surface area contributed by atoms with Gasteiger partial charge < -0.3 is 4.74 Å². The Bertz CT molecular complexity index is 231. The Morgan fingerprint density at radius 2 is 2.40 bits per heavy atom. The topological polar surface area (TPSA) is 38.3 Å². The molecule has 2 heterocycles. The summed E-state index contributed by atoms with van der Waals surface area (Å²) in [5, 5.41) is 0. The lowest BCUT2D eigenvalue weighted by atomic mass is 10.1. The first-order valence-electron chi connectivity index (χ1n) is 3.22. The molecule has 1 saturated heterocycles. The van der Waals surface area contributed by atoms with E-state index in [1.54, 1.807) is 18.6 Å². The Labute approximate surface area is 59.1 Å². The predicted octanol–water partition coefficient (Wildman–Crippen LogP) is 0.722. The van der Waals surface area contributed by atoms with Crippen LogP contribution in [-0.2, 0) is 10.3 Å². The van der Waals surface area contributed by atoms with Gasteiger partial charge in [0.15, 0.2) is 0 Å². The molecule has 10 heavy (non-hydrogen) atoms. The fraction of sp³-hybridized carbons (Fsp3) is 0.429. The van der Waals surface area contributed by atoms with Crippen LogP contribution in [0.5, 0.6) is 0 Å². The van der Waals surface area contributed by atoms with E-state index in [0.29, 0.717) is 0 Å². The van der Waals surface area contributed by atoms with Crippen molar-refractivity contribution in [1.82, 2.24) is 9.97 Å². The molecule has 1 aromatic heterocycles. The molecule has 3 heteroatoms. The van der Waals surface area contributed by atoms with Crippen LogP contribution in [-0.4, -0.2) is 16.6 Å². The second kappa shape index (κ2) is 1.76. The van der Waals surface area contributed by atoms with Crippen LogP contribution < -0.4 is 0 Å². The van der Waals surface area contributed by atoms with Crippen LogP contribution >= 0.6 is 0 Å². The van der Waals surface area contributed by atoms with E-state index in [4.69, 9.17) is 4.74 Å². The number of epoxide rings is 1. The molecular formula is C7H8N2O. The molecule has 0 amide bonds. The van der Waals surface area contributed by atoms with Crippen LogP contribution in [0.15, 0.2) is 18.6 Å². The SMILES string of the molecule is C[C@]1(c2cnccn2)CO1. The van der Waals surface area contributed by atoms with E-state index in [0.717, 1.165) is 12.3 Å². The summed E-state index contributed by atoms with van der Waals surface area (Å²) in [6.07, 6.45) is 5.09. The summed E-state index contributed by atoms with van der Waals surface area (Å²) in [6, 6.07) is 0. The van der Waals surface area contributed by atoms with Gasteiger partial charge in [-0.15, -0.1) is 0 Å². The van der Waals surface area contributed by atoms with E-state index in [9.17, 15) is 0 Å². The number of ether oxygens (including phenoxy) is 1. The Balaban J connectivity index is 2.35. The van der Waals surface area contributed by atoms with Crippen LogP contribution in [0.3, 0.4) is 0 Å². The molecule has 0 bridgehead atoms. The van der Waals surface area contributed by atoms with Crippen molar-refractivity contribution in [3.05, 3.63) is 24.3 Å². The molecule has 0 spiro atoms. The molecule has 1 aromatic rings. The molecule has 0 aliphatic carbocycles. The minimum absolute atomic E-state index is 0.131. The molecule has 0 radical (unpaired) electrons. The molecule has 1 aliphatic rings. The minimum atomic E-state index is -0.131. The highest BCUT2D eigenvalue weighted by Crippen LogP contribution is 2.35. The molecule has 52 valence electrons. The highest BCUT2D eigenvalue weighted by molar-refractivity contribution is 5.12. The van der Waals surface area contributed by atoms with Gasteiger partial charge in [-0.2, -0.15) is 0 Å². The van der Waals surface area contributed by atoms with Crippen LogP contribution in [0, 0.1) is 0 Å². The maximum atomic E-state index is 5.18. The van der Waals surface area contributed by atoms with Crippen molar-refractivity contribution in [2.75, 3.05) is 6.61 Å².